The third kappa shape index (κ3) is 3.36. The Morgan fingerprint density at radius 1 is 1.11 bits per heavy atom. The maximum absolute atomic E-state index is 6.52. The molecule has 2 aromatic carbocycles. The van der Waals surface area contributed by atoms with Crippen LogP contribution in [0.5, 0.6) is 5.75 Å². The number of aryl methyl sites for hydroxylation is 1. The summed E-state index contributed by atoms with van der Waals surface area (Å²) in [6.45, 7) is 2.01. The topological polar surface area (TPSA) is 9.23 Å². The van der Waals surface area contributed by atoms with E-state index in [1.165, 1.54) is 0 Å². The summed E-state index contributed by atoms with van der Waals surface area (Å²) in [5, 5.41) is 0.521. The molecule has 19 heavy (non-hydrogen) atoms. The number of benzene rings is 2. The average molecular weight is 407 g/mol. The molecule has 0 heterocycles. The Morgan fingerprint density at radius 3 is 2.32 bits per heavy atom. The SMILES string of the molecule is COc1ccc(C(Cl)c2ccc(I)c(Cl)c2)cc1C. The van der Waals surface area contributed by atoms with Gasteiger partial charge in [-0.3, -0.25) is 0 Å². The number of ether oxygens (including phenoxy) is 1. The van der Waals surface area contributed by atoms with Crippen molar-refractivity contribution in [2.24, 2.45) is 0 Å². The Bertz CT molecular complexity index is 599. The number of hydrogen-bond acceptors (Lipinski definition) is 1. The number of rotatable bonds is 3. The lowest BCUT2D eigenvalue weighted by molar-refractivity contribution is 0.411. The first-order valence-electron chi connectivity index (χ1n) is 5.76. The first kappa shape index (κ1) is 14.9. The van der Waals surface area contributed by atoms with Gasteiger partial charge in [0.05, 0.1) is 17.5 Å². The third-order valence-corrected chi connectivity index (χ3v) is 5.02. The summed E-state index contributed by atoms with van der Waals surface area (Å²) in [5.41, 5.74) is 3.11. The van der Waals surface area contributed by atoms with Crippen molar-refractivity contribution < 1.29 is 4.74 Å². The van der Waals surface area contributed by atoms with Crippen LogP contribution in [0.4, 0.5) is 0 Å². The van der Waals surface area contributed by atoms with Crippen molar-refractivity contribution in [2.75, 3.05) is 7.11 Å². The molecule has 0 spiro atoms. The lowest BCUT2D eigenvalue weighted by Crippen LogP contribution is -1.96. The van der Waals surface area contributed by atoms with E-state index in [1.54, 1.807) is 7.11 Å². The Morgan fingerprint density at radius 2 is 1.74 bits per heavy atom. The minimum atomic E-state index is -0.209. The van der Waals surface area contributed by atoms with Crippen LogP contribution in [-0.2, 0) is 0 Å². The fourth-order valence-corrected chi connectivity index (χ4v) is 2.72. The van der Waals surface area contributed by atoms with Crippen molar-refractivity contribution in [3.05, 3.63) is 61.7 Å². The van der Waals surface area contributed by atoms with Crippen LogP contribution >= 0.6 is 45.8 Å². The fraction of sp³-hybridized carbons (Fsp3) is 0.200. The van der Waals surface area contributed by atoms with Crippen molar-refractivity contribution >= 4 is 45.8 Å². The molecule has 0 aliphatic rings. The summed E-state index contributed by atoms with van der Waals surface area (Å²) in [4.78, 5) is 0. The molecule has 0 saturated carbocycles. The zero-order valence-corrected chi connectivity index (χ0v) is 14.3. The van der Waals surface area contributed by atoms with Gasteiger partial charge in [0.1, 0.15) is 5.75 Å². The molecule has 1 nitrogen and oxygen atoms in total. The zero-order valence-electron chi connectivity index (χ0n) is 10.6. The molecule has 1 unspecified atom stereocenters. The van der Waals surface area contributed by atoms with Crippen LogP contribution in [-0.4, -0.2) is 7.11 Å². The maximum Gasteiger partial charge on any atom is 0.121 e. The van der Waals surface area contributed by atoms with Crippen molar-refractivity contribution in [3.8, 4) is 5.75 Å². The number of methoxy groups -OCH3 is 1. The first-order chi connectivity index (χ1) is 9.02. The van der Waals surface area contributed by atoms with Gasteiger partial charge in [0.25, 0.3) is 0 Å². The lowest BCUT2D eigenvalue weighted by Gasteiger charge is -2.13. The van der Waals surface area contributed by atoms with Crippen molar-refractivity contribution in [1.82, 2.24) is 0 Å². The van der Waals surface area contributed by atoms with Crippen LogP contribution in [0.25, 0.3) is 0 Å². The Kier molecular flexibility index (Phi) is 4.98. The van der Waals surface area contributed by atoms with Gasteiger partial charge < -0.3 is 4.74 Å². The van der Waals surface area contributed by atoms with Gasteiger partial charge in [-0.05, 0) is 64.4 Å². The molecule has 2 rings (SSSR count). The van der Waals surface area contributed by atoms with Gasteiger partial charge in [-0.2, -0.15) is 0 Å². The molecular formula is C15H13Cl2IO. The number of alkyl halides is 1. The Labute approximate surface area is 137 Å². The summed E-state index contributed by atoms with van der Waals surface area (Å²) >= 11 is 14.9. The lowest BCUT2D eigenvalue weighted by atomic mass is 10.0. The van der Waals surface area contributed by atoms with Crippen molar-refractivity contribution in [3.63, 3.8) is 0 Å². The van der Waals surface area contributed by atoms with Gasteiger partial charge in [0, 0.05) is 3.57 Å². The molecule has 100 valence electrons. The highest BCUT2D eigenvalue weighted by atomic mass is 127. The number of hydrogen-bond donors (Lipinski definition) is 0. The predicted molar refractivity (Wildman–Crippen MR) is 89.6 cm³/mol. The molecule has 0 aromatic heterocycles. The molecule has 0 aliphatic heterocycles. The quantitative estimate of drug-likeness (QED) is 0.476. The molecule has 0 bridgehead atoms. The van der Waals surface area contributed by atoms with Gasteiger partial charge >= 0.3 is 0 Å². The Balaban J connectivity index is 2.35. The maximum atomic E-state index is 6.52. The van der Waals surface area contributed by atoms with E-state index >= 15 is 0 Å². The van der Waals surface area contributed by atoms with Crippen LogP contribution in [0.15, 0.2) is 36.4 Å². The summed E-state index contributed by atoms with van der Waals surface area (Å²) in [6, 6.07) is 11.9. The summed E-state index contributed by atoms with van der Waals surface area (Å²) < 4.78 is 6.28. The standard InChI is InChI=1S/C15H13Cl2IO/c1-9-7-10(4-6-14(9)19-2)15(17)11-3-5-13(18)12(16)8-11/h3-8,15H,1-2H3. The van der Waals surface area contributed by atoms with E-state index in [4.69, 9.17) is 27.9 Å². The van der Waals surface area contributed by atoms with Crippen LogP contribution in [0, 0.1) is 10.5 Å². The van der Waals surface area contributed by atoms with E-state index in [0.717, 1.165) is 31.0 Å². The van der Waals surface area contributed by atoms with E-state index < -0.39 is 0 Å². The highest BCUT2D eigenvalue weighted by Gasteiger charge is 2.13. The second-order valence-corrected chi connectivity index (χ2v) is 6.27. The van der Waals surface area contributed by atoms with E-state index in [-0.39, 0.29) is 5.38 Å². The second kappa shape index (κ2) is 6.33. The van der Waals surface area contributed by atoms with E-state index in [1.807, 2.05) is 43.3 Å². The van der Waals surface area contributed by atoms with Crippen LogP contribution in [0.2, 0.25) is 5.02 Å². The molecule has 4 heteroatoms. The van der Waals surface area contributed by atoms with Crippen LogP contribution < -0.4 is 4.74 Å². The monoisotopic (exact) mass is 406 g/mol. The number of halogens is 3. The zero-order chi connectivity index (χ0) is 14.0. The van der Waals surface area contributed by atoms with E-state index in [2.05, 4.69) is 22.6 Å². The smallest absolute Gasteiger partial charge is 0.121 e. The summed E-state index contributed by atoms with van der Waals surface area (Å²) in [6.07, 6.45) is 0. The van der Waals surface area contributed by atoms with Crippen LogP contribution in [0.1, 0.15) is 22.1 Å². The molecule has 0 amide bonds. The average Bonchev–Trinajstić information content (AvgIpc) is 2.41. The molecule has 0 radical (unpaired) electrons. The predicted octanol–water partition coefficient (Wildman–Crippen LogP) is 5.59. The van der Waals surface area contributed by atoms with Crippen molar-refractivity contribution in [1.29, 1.82) is 0 Å². The van der Waals surface area contributed by atoms with E-state index in [0.29, 0.717) is 0 Å². The molecular weight excluding hydrogens is 394 g/mol. The molecule has 0 aliphatic carbocycles. The summed E-state index contributed by atoms with van der Waals surface area (Å²) in [7, 11) is 1.67. The first-order valence-corrected chi connectivity index (χ1v) is 7.66. The third-order valence-electron chi connectivity index (χ3n) is 2.95. The van der Waals surface area contributed by atoms with Gasteiger partial charge in [-0.15, -0.1) is 11.6 Å². The fourth-order valence-electron chi connectivity index (χ4n) is 1.92. The van der Waals surface area contributed by atoms with Gasteiger partial charge in [-0.25, -0.2) is 0 Å². The molecule has 0 N–H and O–H groups in total. The van der Waals surface area contributed by atoms with Crippen molar-refractivity contribution in [2.45, 2.75) is 12.3 Å². The summed E-state index contributed by atoms with van der Waals surface area (Å²) in [5.74, 6) is 0.869. The normalized spacial score (nSPS) is 12.3. The molecule has 0 saturated heterocycles. The highest BCUT2D eigenvalue weighted by molar-refractivity contribution is 14.1. The second-order valence-electron chi connectivity index (χ2n) is 4.27. The van der Waals surface area contributed by atoms with E-state index in [9.17, 15) is 0 Å². The molecule has 2 aromatic rings. The minimum Gasteiger partial charge on any atom is -0.496 e. The minimum absolute atomic E-state index is 0.209. The van der Waals surface area contributed by atoms with Gasteiger partial charge in [0.2, 0.25) is 0 Å². The highest BCUT2D eigenvalue weighted by Crippen LogP contribution is 2.33. The molecule has 1 atom stereocenters. The van der Waals surface area contributed by atoms with Gasteiger partial charge in [-0.1, -0.05) is 29.8 Å². The largest absolute Gasteiger partial charge is 0.496 e. The Hall–Kier alpha value is -0.450. The van der Waals surface area contributed by atoms with Crippen LogP contribution in [0.3, 0.4) is 0 Å². The van der Waals surface area contributed by atoms with Gasteiger partial charge in [0.15, 0.2) is 0 Å². The molecule has 0 fully saturated rings.